The van der Waals surface area contributed by atoms with Gasteiger partial charge in [-0.1, -0.05) is 37.3 Å². The van der Waals surface area contributed by atoms with Crippen LogP contribution in [-0.2, 0) is 4.79 Å². The third kappa shape index (κ3) is 8.56. The van der Waals surface area contributed by atoms with Gasteiger partial charge in [0.25, 0.3) is 0 Å². The van der Waals surface area contributed by atoms with Gasteiger partial charge in [-0.15, -0.1) is 11.8 Å². The molecule has 0 aliphatic carbocycles. The first-order valence-electron chi connectivity index (χ1n) is 3.95. The maximum atomic E-state index is 10.6. The second-order valence-corrected chi connectivity index (χ2v) is 5.72. The van der Waals surface area contributed by atoms with Crippen LogP contribution >= 0.6 is 35.7 Å². The Morgan fingerprint density at radius 1 is 1.42 bits per heavy atom. The molecular formula is C8H14OS3. The highest BCUT2D eigenvalue weighted by Gasteiger charge is 2.00. The Balaban J connectivity index is 3.28. The molecule has 0 atom stereocenters. The summed E-state index contributed by atoms with van der Waals surface area (Å²) in [6.07, 6.45) is 2.40. The SMILES string of the molecule is CCCCSC(=S)SCC(C)=O. The smallest absolute Gasteiger partial charge is 0.140 e. The molecule has 0 aromatic heterocycles. The van der Waals surface area contributed by atoms with Gasteiger partial charge in [-0.3, -0.25) is 4.79 Å². The fourth-order valence-corrected chi connectivity index (χ4v) is 2.61. The molecule has 0 spiro atoms. The number of Topliss-reactive ketones (excluding diaryl/α,β-unsaturated/α-hetero) is 1. The third-order valence-corrected chi connectivity index (χ3v) is 4.04. The van der Waals surface area contributed by atoms with Crippen molar-refractivity contribution in [2.24, 2.45) is 0 Å². The number of unbranched alkanes of at least 4 members (excludes halogenated alkanes) is 1. The minimum absolute atomic E-state index is 0.193. The normalized spacial score (nSPS) is 9.83. The van der Waals surface area contributed by atoms with Crippen LogP contribution in [-0.4, -0.2) is 20.8 Å². The van der Waals surface area contributed by atoms with Gasteiger partial charge >= 0.3 is 0 Å². The molecular weight excluding hydrogens is 208 g/mol. The van der Waals surface area contributed by atoms with E-state index in [1.807, 2.05) is 0 Å². The maximum Gasteiger partial charge on any atom is 0.140 e. The number of rotatable bonds is 5. The molecule has 0 aromatic carbocycles. The monoisotopic (exact) mass is 222 g/mol. The molecule has 0 aromatic rings. The highest BCUT2D eigenvalue weighted by atomic mass is 32.2. The fraction of sp³-hybridized carbons (Fsp3) is 0.750. The van der Waals surface area contributed by atoms with Crippen LogP contribution in [0.4, 0.5) is 0 Å². The first kappa shape index (κ1) is 12.5. The van der Waals surface area contributed by atoms with Crippen LogP contribution in [0.2, 0.25) is 0 Å². The highest BCUT2D eigenvalue weighted by molar-refractivity contribution is 8.47. The number of thioether (sulfide) groups is 2. The van der Waals surface area contributed by atoms with E-state index in [9.17, 15) is 4.79 Å². The van der Waals surface area contributed by atoms with Gasteiger partial charge in [0.15, 0.2) is 0 Å². The predicted molar refractivity (Wildman–Crippen MR) is 63.1 cm³/mol. The number of ketones is 1. The largest absolute Gasteiger partial charge is 0.299 e. The second kappa shape index (κ2) is 8.08. The van der Waals surface area contributed by atoms with E-state index in [2.05, 4.69) is 6.92 Å². The summed E-state index contributed by atoms with van der Waals surface area (Å²) >= 11 is 8.22. The standard InChI is InChI=1S/C8H14OS3/c1-3-4-5-11-8(10)12-6-7(2)9/h3-6H2,1-2H3. The van der Waals surface area contributed by atoms with E-state index in [0.29, 0.717) is 5.75 Å². The molecule has 0 amide bonds. The number of hydrogen-bond acceptors (Lipinski definition) is 4. The summed E-state index contributed by atoms with van der Waals surface area (Å²) in [7, 11) is 0. The molecule has 0 N–H and O–H groups in total. The lowest BCUT2D eigenvalue weighted by atomic mass is 10.4. The van der Waals surface area contributed by atoms with Crippen LogP contribution in [0.3, 0.4) is 0 Å². The Labute approximate surface area is 88.1 Å². The molecule has 12 heavy (non-hydrogen) atoms. The van der Waals surface area contributed by atoms with Gasteiger partial charge in [0.2, 0.25) is 0 Å². The molecule has 70 valence electrons. The molecule has 0 unspecified atom stereocenters. The lowest BCUT2D eigenvalue weighted by Crippen LogP contribution is -1.96. The molecule has 0 bridgehead atoms. The van der Waals surface area contributed by atoms with Gasteiger partial charge in [0.05, 0.1) is 5.75 Å². The van der Waals surface area contributed by atoms with Crippen LogP contribution in [0.15, 0.2) is 0 Å². The molecule has 0 radical (unpaired) electrons. The van der Waals surface area contributed by atoms with E-state index in [1.165, 1.54) is 24.6 Å². The van der Waals surface area contributed by atoms with E-state index in [-0.39, 0.29) is 5.78 Å². The van der Waals surface area contributed by atoms with Gasteiger partial charge in [-0.2, -0.15) is 0 Å². The van der Waals surface area contributed by atoms with E-state index < -0.39 is 0 Å². The number of carbonyl (C=O) groups excluding carboxylic acids is 1. The summed E-state index contributed by atoms with van der Waals surface area (Å²) in [4.78, 5) is 10.6. The van der Waals surface area contributed by atoms with E-state index in [0.717, 1.165) is 9.28 Å². The van der Waals surface area contributed by atoms with Gasteiger partial charge in [0.1, 0.15) is 9.31 Å². The van der Waals surface area contributed by atoms with Crippen LogP contribution in [0.1, 0.15) is 26.7 Å². The average Bonchev–Trinajstić information content (AvgIpc) is 2.01. The maximum absolute atomic E-state index is 10.6. The summed E-state index contributed by atoms with van der Waals surface area (Å²) in [5, 5.41) is 0. The van der Waals surface area contributed by atoms with E-state index in [1.54, 1.807) is 18.7 Å². The van der Waals surface area contributed by atoms with E-state index >= 15 is 0 Å². The zero-order valence-electron chi connectivity index (χ0n) is 7.46. The Morgan fingerprint density at radius 2 is 2.08 bits per heavy atom. The number of carbonyl (C=O) groups is 1. The first-order valence-corrected chi connectivity index (χ1v) is 6.33. The van der Waals surface area contributed by atoms with Crippen LogP contribution in [0.25, 0.3) is 0 Å². The van der Waals surface area contributed by atoms with Gasteiger partial charge in [-0.25, -0.2) is 0 Å². The zero-order valence-corrected chi connectivity index (χ0v) is 9.91. The van der Waals surface area contributed by atoms with Gasteiger partial charge < -0.3 is 0 Å². The summed E-state index contributed by atoms with van der Waals surface area (Å²) in [6.45, 7) is 3.75. The van der Waals surface area contributed by atoms with Crippen molar-refractivity contribution in [3.8, 4) is 0 Å². The topological polar surface area (TPSA) is 17.1 Å². The van der Waals surface area contributed by atoms with Gasteiger partial charge in [-0.05, 0) is 19.1 Å². The summed E-state index contributed by atoms with van der Waals surface area (Å²) in [5.41, 5.74) is 0. The van der Waals surface area contributed by atoms with E-state index in [4.69, 9.17) is 12.2 Å². The second-order valence-electron chi connectivity index (χ2n) is 2.44. The minimum atomic E-state index is 0.193. The molecule has 0 aliphatic heterocycles. The Hall–Kier alpha value is 0.460. The zero-order chi connectivity index (χ0) is 9.40. The van der Waals surface area contributed by atoms with Crippen LogP contribution in [0.5, 0.6) is 0 Å². The van der Waals surface area contributed by atoms with Crippen molar-refractivity contribution in [2.75, 3.05) is 11.5 Å². The Kier molecular flexibility index (Phi) is 8.39. The van der Waals surface area contributed by atoms with Crippen molar-refractivity contribution < 1.29 is 4.79 Å². The van der Waals surface area contributed by atoms with Crippen molar-refractivity contribution in [3.63, 3.8) is 0 Å². The van der Waals surface area contributed by atoms with Crippen LogP contribution < -0.4 is 0 Å². The van der Waals surface area contributed by atoms with Crippen molar-refractivity contribution in [1.82, 2.24) is 0 Å². The molecule has 0 aliphatic rings. The first-order chi connectivity index (χ1) is 5.66. The average molecular weight is 222 g/mol. The van der Waals surface area contributed by atoms with Crippen molar-refractivity contribution >= 4 is 45.1 Å². The fourth-order valence-electron chi connectivity index (χ4n) is 0.502. The molecule has 1 nitrogen and oxygen atoms in total. The van der Waals surface area contributed by atoms with Crippen molar-refractivity contribution in [3.05, 3.63) is 0 Å². The predicted octanol–water partition coefficient (Wildman–Crippen LogP) is 3.13. The Bertz CT molecular complexity index is 156. The molecule has 0 fully saturated rings. The lowest BCUT2D eigenvalue weighted by molar-refractivity contribution is -0.114. The Morgan fingerprint density at radius 3 is 2.58 bits per heavy atom. The molecule has 0 saturated carbocycles. The number of hydrogen-bond donors (Lipinski definition) is 0. The molecule has 0 saturated heterocycles. The lowest BCUT2D eigenvalue weighted by Gasteiger charge is -1.99. The third-order valence-electron chi connectivity index (χ3n) is 1.11. The summed E-state index contributed by atoms with van der Waals surface area (Å²) in [6, 6.07) is 0. The highest BCUT2D eigenvalue weighted by Crippen LogP contribution is 2.18. The number of thiocarbonyl (C=S) groups is 1. The quantitative estimate of drug-likeness (QED) is 0.525. The van der Waals surface area contributed by atoms with Crippen molar-refractivity contribution in [1.29, 1.82) is 0 Å². The molecule has 4 heteroatoms. The van der Waals surface area contributed by atoms with Crippen molar-refractivity contribution in [2.45, 2.75) is 26.7 Å². The van der Waals surface area contributed by atoms with Gasteiger partial charge in [0, 0.05) is 0 Å². The van der Waals surface area contributed by atoms with Crippen LogP contribution in [0, 0.1) is 0 Å². The molecule has 0 rings (SSSR count). The minimum Gasteiger partial charge on any atom is -0.299 e. The molecule has 0 heterocycles. The summed E-state index contributed by atoms with van der Waals surface area (Å²) in [5.74, 6) is 1.80. The summed E-state index contributed by atoms with van der Waals surface area (Å²) < 4.78 is 0.902.